The molecule has 1 fully saturated rings. The molecular formula is C31H34N2O5. The zero-order valence-electron chi connectivity index (χ0n) is 22.1. The molecule has 4 rings (SSSR count). The number of likely N-dealkylation sites (tertiary alicyclic amines) is 1. The highest BCUT2D eigenvalue weighted by Crippen LogP contribution is 2.39. The number of benzene rings is 3. The molecule has 7 nitrogen and oxygen atoms in total. The number of phenolic OH excluding ortho intramolecular Hbond substituents is 1. The van der Waals surface area contributed by atoms with Crippen molar-refractivity contribution >= 4 is 17.4 Å². The molecule has 0 bridgehead atoms. The predicted octanol–water partition coefficient (Wildman–Crippen LogP) is 5.04. The Kier molecular flexibility index (Phi) is 8.48. The number of Topliss-reactive ketones (excluding diaryl/α,β-unsaturated/α-hetero) is 1. The van der Waals surface area contributed by atoms with Crippen molar-refractivity contribution in [1.29, 1.82) is 0 Å². The second-order valence-electron chi connectivity index (χ2n) is 9.35. The van der Waals surface area contributed by atoms with Gasteiger partial charge in [0, 0.05) is 18.7 Å². The summed E-state index contributed by atoms with van der Waals surface area (Å²) in [6, 6.07) is 20.4. The summed E-state index contributed by atoms with van der Waals surface area (Å²) in [4.78, 5) is 30.0. The number of aromatic hydroxyl groups is 1. The van der Waals surface area contributed by atoms with Gasteiger partial charge < -0.3 is 24.7 Å². The number of aliphatic hydroxyl groups excluding tert-OH is 1. The van der Waals surface area contributed by atoms with Gasteiger partial charge in [-0.2, -0.15) is 0 Å². The molecule has 0 aliphatic carbocycles. The number of likely N-dealkylation sites (N-methyl/N-ethyl adjacent to an activating group) is 1. The van der Waals surface area contributed by atoms with Crippen LogP contribution in [0.3, 0.4) is 0 Å². The number of rotatable bonds is 10. The fourth-order valence-corrected chi connectivity index (χ4v) is 4.70. The molecule has 1 unspecified atom stereocenters. The van der Waals surface area contributed by atoms with E-state index in [-0.39, 0.29) is 17.1 Å². The molecule has 0 spiro atoms. The minimum Gasteiger partial charge on any atom is -0.508 e. The van der Waals surface area contributed by atoms with Gasteiger partial charge in [-0.1, -0.05) is 50.2 Å². The van der Waals surface area contributed by atoms with Crippen molar-refractivity contribution in [2.24, 2.45) is 0 Å². The molecular weight excluding hydrogens is 480 g/mol. The van der Waals surface area contributed by atoms with Crippen LogP contribution in [-0.4, -0.2) is 57.9 Å². The largest absolute Gasteiger partial charge is 0.508 e. The number of aryl methyl sites for hydroxylation is 1. The molecule has 1 aliphatic rings. The highest BCUT2D eigenvalue weighted by atomic mass is 16.5. The Hall–Kier alpha value is -4.10. The van der Waals surface area contributed by atoms with Gasteiger partial charge in [0.25, 0.3) is 11.7 Å². The van der Waals surface area contributed by atoms with Crippen LogP contribution in [0.15, 0.2) is 78.4 Å². The minimum absolute atomic E-state index is 0.0359. The molecule has 1 amide bonds. The van der Waals surface area contributed by atoms with E-state index < -0.39 is 17.7 Å². The molecule has 1 saturated heterocycles. The van der Waals surface area contributed by atoms with Crippen LogP contribution in [0.1, 0.15) is 42.1 Å². The van der Waals surface area contributed by atoms with Crippen LogP contribution >= 0.6 is 0 Å². The summed E-state index contributed by atoms with van der Waals surface area (Å²) in [7, 11) is 0. The van der Waals surface area contributed by atoms with Crippen LogP contribution in [0.25, 0.3) is 5.76 Å². The van der Waals surface area contributed by atoms with E-state index in [4.69, 9.17) is 4.74 Å². The smallest absolute Gasteiger partial charge is 0.295 e. The Morgan fingerprint density at radius 1 is 0.947 bits per heavy atom. The number of amides is 1. The van der Waals surface area contributed by atoms with Gasteiger partial charge >= 0.3 is 0 Å². The summed E-state index contributed by atoms with van der Waals surface area (Å²) in [5.41, 5.74) is 3.31. The van der Waals surface area contributed by atoms with Gasteiger partial charge in [-0.15, -0.1) is 0 Å². The minimum atomic E-state index is -0.761. The predicted molar refractivity (Wildman–Crippen MR) is 147 cm³/mol. The maximum atomic E-state index is 13.2. The Morgan fingerprint density at radius 3 is 2.24 bits per heavy atom. The van der Waals surface area contributed by atoms with E-state index in [1.165, 1.54) is 17.0 Å². The number of hydrogen-bond donors (Lipinski definition) is 2. The summed E-state index contributed by atoms with van der Waals surface area (Å²) in [5.74, 6) is -0.901. The fourth-order valence-electron chi connectivity index (χ4n) is 4.70. The maximum Gasteiger partial charge on any atom is 0.295 e. The fraction of sp³-hybridized carbons (Fsp3) is 0.290. The number of phenols is 1. The zero-order chi connectivity index (χ0) is 27.2. The molecule has 198 valence electrons. The van der Waals surface area contributed by atoms with Crippen LogP contribution in [-0.2, 0) is 16.2 Å². The van der Waals surface area contributed by atoms with Gasteiger partial charge in [0.05, 0.1) is 11.6 Å². The van der Waals surface area contributed by atoms with Crippen molar-refractivity contribution in [2.75, 3.05) is 26.2 Å². The van der Waals surface area contributed by atoms with E-state index in [0.29, 0.717) is 36.6 Å². The van der Waals surface area contributed by atoms with E-state index in [0.717, 1.165) is 24.2 Å². The summed E-state index contributed by atoms with van der Waals surface area (Å²) >= 11 is 0. The molecule has 0 saturated carbocycles. The average molecular weight is 515 g/mol. The van der Waals surface area contributed by atoms with E-state index in [1.807, 2.05) is 45.0 Å². The van der Waals surface area contributed by atoms with Crippen molar-refractivity contribution in [3.05, 3.63) is 101 Å². The number of aliphatic hydroxyl groups is 1. The first-order valence-corrected chi connectivity index (χ1v) is 12.9. The van der Waals surface area contributed by atoms with Crippen LogP contribution in [0, 0.1) is 6.92 Å². The lowest BCUT2D eigenvalue weighted by Gasteiger charge is -2.28. The summed E-state index contributed by atoms with van der Waals surface area (Å²) in [6.45, 7) is 9.11. The Morgan fingerprint density at radius 2 is 1.61 bits per heavy atom. The van der Waals surface area contributed by atoms with Crippen molar-refractivity contribution < 1.29 is 24.5 Å². The second-order valence-corrected chi connectivity index (χ2v) is 9.35. The first-order chi connectivity index (χ1) is 18.3. The normalized spacial score (nSPS) is 16.8. The standard InChI is InChI=1S/C31H34N2O5/c1-4-32(5-2)18-19-33-28(22-10-14-25(34)15-11-22)27(30(36)31(33)37)29(35)23-12-16-26(17-13-23)38-20-24-9-7-6-8-21(24)3/h6-17,28,34-35H,4-5,18-20H2,1-3H3/b29-27+. The van der Waals surface area contributed by atoms with Crippen LogP contribution in [0.4, 0.5) is 0 Å². The van der Waals surface area contributed by atoms with E-state index >= 15 is 0 Å². The van der Waals surface area contributed by atoms with Gasteiger partial charge in [0.15, 0.2) is 0 Å². The lowest BCUT2D eigenvalue weighted by molar-refractivity contribution is -0.140. The molecule has 38 heavy (non-hydrogen) atoms. The topological polar surface area (TPSA) is 90.3 Å². The third kappa shape index (κ3) is 5.73. The number of carbonyl (C=O) groups excluding carboxylic acids is 2. The van der Waals surface area contributed by atoms with E-state index in [2.05, 4.69) is 4.90 Å². The molecule has 0 radical (unpaired) electrons. The molecule has 1 atom stereocenters. The number of carbonyl (C=O) groups is 2. The molecule has 3 aromatic rings. The average Bonchev–Trinajstić information content (AvgIpc) is 3.18. The van der Waals surface area contributed by atoms with Crippen LogP contribution < -0.4 is 4.74 Å². The Balaban J connectivity index is 1.64. The number of hydrogen-bond acceptors (Lipinski definition) is 6. The molecule has 2 N–H and O–H groups in total. The number of nitrogens with zero attached hydrogens (tertiary/aromatic N) is 2. The SMILES string of the molecule is CCN(CC)CCN1C(=O)C(=O)/C(=C(/O)c2ccc(OCc3ccccc3C)cc2)C1c1ccc(O)cc1. The summed E-state index contributed by atoms with van der Waals surface area (Å²) in [5, 5.41) is 21.1. The lowest BCUT2D eigenvalue weighted by Crippen LogP contribution is -2.38. The Bertz CT molecular complexity index is 1310. The highest BCUT2D eigenvalue weighted by Gasteiger charge is 2.45. The third-order valence-electron chi connectivity index (χ3n) is 7.08. The van der Waals surface area contributed by atoms with Gasteiger partial charge in [0.2, 0.25) is 0 Å². The molecule has 0 aromatic heterocycles. The lowest BCUT2D eigenvalue weighted by atomic mass is 9.95. The first kappa shape index (κ1) is 26.9. The molecule has 1 aliphatic heterocycles. The molecule has 1 heterocycles. The van der Waals surface area contributed by atoms with Gasteiger partial charge in [0.1, 0.15) is 23.9 Å². The van der Waals surface area contributed by atoms with Crippen molar-refractivity contribution in [1.82, 2.24) is 9.80 Å². The van der Waals surface area contributed by atoms with E-state index in [1.54, 1.807) is 36.4 Å². The maximum absolute atomic E-state index is 13.2. The first-order valence-electron chi connectivity index (χ1n) is 12.9. The zero-order valence-corrected chi connectivity index (χ0v) is 22.1. The Labute approximate surface area is 223 Å². The van der Waals surface area contributed by atoms with Crippen molar-refractivity contribution in [2.45, 2.75) is 33.4 Å². The van der Waals surface area contributed by atoms with Gasteiger partial charge in [-0.25, -0.2) is 0 Å². The van der Waals surface area contributed by atoms with Crippen molar-refractivity contribution in [3.8, 4) is 11.5 Å². The quantitative estimate of drug-likeness (QED) is 0.224. The second kappa shape index (κ2) is 12.0. The molecule has 7 heteroatoms. The summed E-state index contributed by atoms with van der Waals surface area (Å²) in [6.07, 6.45) is 0. The van der Waals surface area contributed by atoms with E-state index in [9.17, 15) is 19.8 Å². The monoisotopic (exact) mass is 514 g/mol. The number of ketones is 1. The third-order valence-corrected chi connectivity index (χ3v) is 7.08. The van der Waals surface area contributed by atoms with Crippen LogP contribution in [0.5, 0.6) is 11.5 Å². The summed E-state index contributed by atoms with van der Waals surface area (Å²) < 4.78 is 5.91. The van der Waals surface area contributed by atoms with Gasteiger partial charge in [-0.3, -0.25) is 9.59 Å². The highest BCUT2D eigenvalue weighted by molar-refractivity contribution is 6.46. The van der Waals surface area contributed by atoms with Gasteiger partial charge in [-0.05, 0) is 73.1 Å². The number of ether oxygens (including phenoxy) is 1. The van der Waals surface area contributed by atoms with Crippen molar-refractivity contribution in [3.63, 3.8) is 0 Å². The molecule has 3 aromatic carbocycles. The van der Waals surface area contributed by atoms with Crippen LogP contribution in [0.2, 0.25) is 0 Å².